The summed E-state index contributed by atoms with van der Waals surface area (Å²) in [5.41, 5.74) is 14.3. The number of para-hydroxylation sites is 1. The van der Waals surface area contributed by atoms with Gasteiger partial charge in [-0.2, -0.15) is 0 Å². The zero-order chi connectivity index (χ0) is 36.0. The maximum Gasteiger partial charge on any atom is 0.161 e. The number of hydrogen-bond donors (Lipinski definition) is 0. The van der Waals surface area contributed by atoms with Crippen molar-refractivity contribution in [3.8, 4) is 56.2 Å². The van der Waals surface area contributed by atoms with Crippen molar-refractivity contribution in [2.75, 3.05) is 0 Å². The Labute approximate surface area is 313 Å². The molecule has 0 fully saturated rings. The van der Waals surface area contributed by atoms with E-state index in [1.165, 1.54) is 49.5 Å². The predicted molar refractivity (Wildman–Crippen MR) is 224 cm³/mol. The lowest BCUT2D eigenvalue weighted by atomic mass is 9.81. The number of nitrogens with zero attached hydrogens (tertiary/aromatic N) is 2. The first-order chi connectivity index (χ1) is 26.5. The predicted octanol–water partition coefficient (Wildman–Crippen LogP) is 13.7. The third-order valence-electron chi connectivity index (χ3n) is 11.5. The molecule has 1 aliphatic rings. The van der Waals surface area contributed by atoms with Crippen molar-refractivity contribution in [3.63, 3.8) is 0 Å². The van der Waals surface area contributed by atoms with Gasteiger partial charge in [0.15, 0.2) is 5.82 Å². The minimum Gasteiger partial charge on any atom is -0.456 e. The molecular formula is C51H34N2O. The summed E-state index contributed by atoms with van der Waals surface area (Å²) in [6, 6.07) is 60.6. The van der Waals surface area contributed by atoms with Crippen LogP contribution in [0.2, 0.25) is 0 Å². The maximum atomic E-state index is 6.16. The Morgan fingerprint density at radius 2 is 1.04 bits per heavy atom. The monoisotopic (exact) mass is 690 g/mol. The molecule has 0 atom stereocenters. The highest BCUT2D eigenvalue weighted by Crippen LogP contribution is 2.52. The van der Waals surface area contributed by atoms with Crippen LogP contribution in [0.5, 0.6) is 0 Å². The lowest BCUT2D eigenvalue weighted by Crippen LogP contribution is -2.15. The van der Waals surface area contributed by atoms with Gasteiger partial charge in [-0.3, -0.25) is 0 Å². The van der Waals surface area contributed by atoms with Gasteiger partial charge < -0.3 is 4.42 Å². The van der Waals surface area contributed by atoms with E-state index in [0.717, 1.165) is 55.4 Å². The van der Waals surface area contributed by atoms with Crippen molar-refractivity contribution >= 4 is 43.5 Å². The van der Waals surface area contributed by atoms with Crippen LogP contribution in [0.1, 0.15) is 25.0 Å². The van der Waals surface area contributed by atoms with Crippen molar-refractivity contribution in [2.24, 2.45) is 0 Å². The average molecular weight is 691 g/mol. The molecule has 54 heavy (non-hydrogen) atoms. The topological polar surface area (TPSA) is 38.9 Å². The van der Waals surface area contributed by atoms with Crippen LogP contribution in [0.4, 0.5) is 0 Å². The van der Waals surface area contributed by atoms with Gasteiger partial charge in [0.2, 0.25) is 0 Å². The van der Waals surface area contributed by atoms with Gasteiger partial charge >= 0.3 is 0 Å². The molecule has 1 aliphatic carbocycles. The molecule has 0 saturated carbocycles. The summed E-state index contributed by atoms with van der Waals surface area (Å²) < 4.78 is 6.16. The highest BCUT2D eigenvalue weighted by atomic mass is 16.3. The first kappa shape index (κ1) is 30.8. The Morgan fingerprint density at radius 3 is 1.87 bits per heavy atom. The van der Waals surface area contributed by atoms with Crippen LogP contribution >= 0.6 is 0 Å². The van der Waals surface area contributed by atoms with Gasteiger partial charge in [0.25, 0.3) is 0 Å². The second kappa shape index (κ2) is 11.6. The quantitative estimate of drug-likeness (QED) is 0.184. The smallest absolute Gasteiger partial charge is 0.161 e. The molecule has 0 amide bonds. The Balaban J connectivity index is 1.08. The van der Waals surface area contributed by atoms with E-state index in [4.69, 9.17) is 14.4 Å². The summed E-state index contributed by atoms with van der Waals surface area (Å²) in [5.74, 6) is 0.698. The third-order valence-corrected chi connectivity index (χ3v) is 11.5. The molecule has 0 saturated heterocycles. The summed E-state index contributed by atoms with van der Waals surface area (Å²) in [5, 5.41) is 7.07. The van der Waals surface area contributed by atoms with Crippen LogP contribution in [-0.4, -0.2) is 9.97 Å². The highest BCUT2D eigenvalue weighted by Gasteiger charge is 2.36. The van der Waals surface area contributed by atoms with Gasteiger partial charge in [-0.25, -0.2) is 9.97 Å². The fraction of sp³-hybridized carbons (Fsp3) is 0.0588. The van der Waals surface area contributed by atoms with Crippen molar-refractivity contribution in [1.29, 1.82) is 0 Å². The number of hydrogen-bond acceptors (Lipinski definition) is 3. The first-order valence-corrected chi connectivity index (χ1v) is 18.6. The fourth-order valence-corrected chi connectivity index (χ4v) is 8.78. The van der Waals surface area contributed by atoms with Crippen molar-refractivity contribution < 1.29 is 4.42 Å². The second-order valence-corrected chi connectivity index (χ2v) is 14.9. The van der Waals surface area contributed by atoms with Crippen LogP contribution in [0.25, 0.3) is 99.6 Å². The molecule has 3 heteroatoms. The molecule has 254 valence electrons. The molecule has 0 aliphatic heterocycles. The zero-order valence-corrected chi connectivity index (χ0v) is 30.0. The lowest BCUT2D eigenvalue weighted by Gasteiger charge is -2.22. The molecule has 8 aromatic carbocycles. The number of benzene rings is 8. The minimum absolute atomic E-state index is 0.117. The van der Waals surface area contributed by atoms with Gasteiger partial charge in [-0.05, 0) is 97.4 Å². The van der Waals surface area contributed by atoms with E-state index >= 15 is 0 Å². The molecule has 2 aromatic heterocycles. The highest BCUT2D eigenvalue weighted by molar-refractivity contribution is 6.08. The molecule has 2 heterocycles. The lowest BCUT2D eigenvalue weighted by molar-refractivity contribution is 0.661. The minimum atomic E-state index is -0.117. The molecule has 0 unspecified atom stereocenters. The molecule has 0 bridgehead atoms. The second-order valence-electron chi connectivity index (χ2n) is 14.9. The average Bonchev–Trinajstić information content (AvgIpc) is 3.71. The van der Waals surface area contributed by atoms with Crippen LogP contribution in [-0.2, 0) is 5.41 Å². The molecule has 0 N–H and O–H groups in total. The Hall–Kier alpha value is -6.84. The number of rotatable bonds is 4. The summed E-state index contributed by atoms with van der Waals surface area (Å²) in [7, 11) is 0. The molecule has 0 radical (unpaired) electrons. The molecular weight excluding hydrogens is 657 g/mol. The van der Waals surface area contributed by atoms with Crippen LogP contribution in [0.3, 0.4) is 0 Å². The normalized spacial score (nSPS) is 13.1. The van der Waals surface area contributed by atoms with Crippen LogP contribution in [0.15, 0.2) is 174 Å². The summed E-state index contributed by atoms with van der Waals surface area (Å²) in [4.78, 5) is 10.5. The van der Waals surface area contributed by atoms with Crippen LogP contribution in [0, 0.1) is 0 Å². The summed E-state index contributed by atoms with van der Waals surface area (Å²) in [6.45, 7) is 4.72. The van der Waals surface area contributed by atoms with Gasteiger partial charge in [0, 0.05) is 32.9 Å². The first-order valence-electron chi connectivity index (χ1n) is 18.6. The van der Waals surface area contributed by atoms with Gasteiger partial charge in [0.1, 0.15) is 11.2 Å². The van der Waals surface area contributed by atoms with Crippen LogP contribution < -0.4 is 0 Å². The van der Waals surface area contributed by atoms with Gasteiger partial charge in [-0.1, -0.05) is 141 Å². The van der Waals surface area contributed by atoms with E-state index in [0.29, 0.717) is 5.82 Å². The Kier molecular flexibility index (Phi) is 6.60. The van der Waals surface area contributed by atoms with Crippen molar-refractivity contribution in [2.45, 2.75) is 19.3 Å². The Morgan fingerprint density at radius 1 is 0.407 bits per heavy atom. The number of fused-ring (bicyclic) bond motifs is 9. The van der Waals surface area contributed by atoms with Crippen molar-refractivity contribution in [3.05, 3.63) is 181 Å². The van der Waals surface area contributed by atoms with Gasteiger partial charge in [0.05, 0.1) is 11.4 Å². The zero-order valence-electron chi connectivity index (χ0n) is 30.0. The van der Waals surface area contributed by atoms with E-state index < -0.39 is 0 Å². The molecule has 10 aromatic rings. The third kappa shape index (κ3) is 4.61. The molecule has 11 rings (SSSR count). The Bertz CT molecular complexity index is 3130. The van der Waals surface area contributed by atoms with E-state index in [1.54, 1.807) is 0 Å². The molecule has 3 nitrogen and oxygen atoms in total. The van der Waals surface area contributed by atoms with Crippen molar-refractivity contribution in [1.82, 2.24) is 9.97 Å². The SMILES string of the molecule is CC1(C)c2cc(-c3ccc(-c4nc(-c5ccccc5)cc(-c5ccc6oc7ccccc7c6c5)n4)c4ccccc34)ccc2-c2c1ccc1ccccc21. The van der Waals surface area contributed by atoms with E-state index in [1.807, 2.05) is 18.2 Å². The standard InChI is InChI=1S/C51H34N2O/c1-51(2)43-26-21-31-12-6-7-15-36(31)49(43)41-23-20-33(29-44(41)51)35-24-25-40(38-17-9-8-16-37(35)38)50-52-45(32-13-4-3-5-14-32)30-46(53-50)34-22-27-48-42(28-34)39-18-10-11-19-47(39)54-48/h3-30H,1-2H3. The van der Waals surface area contributed by atoms with E-state index in [-0.39, 0.29) is 5.41 Å². The maximum absolute atomic E-state index is 6.16. The summed E-state index contributed by atoms with van der Waals surface area (Å²) >= 11 is 0. The molecule has 0 spiro atoms. The summed E-state index contributed by atoms with van der Waals surface area (Å²) in [6.07, 6.45) is 0. The number of aromatic nitrogens is 2. The van der Waals surface area contributed by atoms with E-state index in [2.05, 4.69) is 166 Å². The number of furan rings is 1. The fourth-order valence-electron chi connectivity index (χ4n) is 8.78. The largest absolute Gasteiger partial charge is 0.456 e. The van der Waals surface area contributed by atoms with Gasteiger partial charge in [-0.15, -0.1) is 0 Å². The van der Waals surface area contributed by atoms with E-state index in [9.17, 15) is 0 Å².